The monoisotopic (exact) mass is 482 g/mol. The maximum atomic E-state index is 12.8. The fraction of sp³-hybridized carbons (Fsp3) is 0.103. The van der Waals surface area contributed by atoms with Crippen LogP contribution in [0.5, 0.6) is 17.2 Å². The van der Waals surface area contributed by atoms with Crippen LogP contribution in [-0.2, 0) is 0 Å². The van der Waals surface area contributed by atoms with Crippen molar-refractivity contribution >= 4 is 23.2 Å². The van der Waals surface area contributed by atoms with Crippen molar-refractivity contribution in [3.63, 3.8) is 0 Å². The van der Waals surface area contributed by atoms with Gasteiger partial charge in [0, 0.05) is 16.7 Å². The molecular weight excluding hydrogens is 456 g/mol. The molecule has 4 aromatic rings. The van der Waals surface area contributed by atoms with Crippen molar-refractivity contribution in [2.24, 2.45) is 0 Å². The van der Waals surface area contributed by atoms with E-state index in [2.05, 4.69) is 10.6 Å². The summed E-state index contributed by atoms with van der Waals surface area (Å²) in [7, 11) is 4.66. The van der Waals surface area contributed by atoms with Gasteiger partial charge in [-0.05, 0) is 60.2 Å². The Bertz CT molecular complexity index is 1380. The molecule has 7 heteroatoms. The summed E-state index contributed by atoms with van der Waals surface area (Å²) in [6.45, 7) is 0. The lowest BCUT2D eigenvalue weighted by Crippen LogP contribution is -2.13. The number of carbonyl (C=O) groups is 2. The second-order valence-electron chi connectivity index (χ2n) is 7.80. The highest BCUT2D eigenvalue weighted by molar-refractivity contribution is 6.06. The minimum Gasteiger partial charge on any atom is -0.496 e. The van der Waals surface area contributed by atoms with Gasteiger partial charge in [0.25, 0.3) is 11.8 Å². The number of anilines is 2. The molecule has 0 spiro atoms. The zero-order valence-electron chi connectivity index (χ0n) is 20.2. The lowest BCUT2D eigenvalue weighted by Gasteiger charge is -2.13. The number of amides is 2. The highest BCUT2D eigenvalue weighted by Crippen LogP contribution is 2.32. The van der Waals surface area contributed by atoms with Crippen molar-refractivity contribution in [1.82, 2.24) is 0 Å². The summed E-state index contributed by atoms with van der Waals surface area (Å²) in [4.78, 5) is 25.6. The van der Waals surface area contributed by atoms with Crippen LogP contribution >= 0.6 is 0 Å². The second-order valence-corrected chi connectivity index (χ2v) is 7.80. The Balaban J connectivity index is 1.52. The van der Waals surface area contributed by atoms with E-state index in [1.54, 1.807) is 69.9 Å². The average Bonchev–Trinajstić information content (AvgIpc) is 2.93. The summed E-state index contributed by atoms with van der Waals surface area (Å²) >= 11 is 0. The first kappa shape index (κ1) is 24.3. The van der Waals surface area contributed by atoms with Gasteiger partial charge < -0.3 is 24.8 Å². The van der Waals surface area contributed by atoms with E-state index in [1.807, 2.05) is 42.5 Å². The molecule has 2 N–H and O–H groups in total. The largest absolute Gasteiger partial charge is 0.496 e. The Labute approximate surface area is 209 Å². The summed E-state index contributed by atoms with van der Waals surface area (Å²) in [5.74, 6) is 1.16. The number of hydrogen-bond acceptors (Lipinski definition) is 5. The molecular formula is C29H26N2O5. The van der Waals surface area contributed by atoms with Crippen molar-refractivity contribution in [3.8, 4) is 28.4 Å². The molecule has 0 aromatic heterocycles. The van der Waals surface area contributed by atoms with Crippen LogP contribution in [0, 0.1) is 0 Å². The molecule has 4 rings (SSSR count). The Morgan fingerprint density at radius 1 is 0.556 bits per heavy atom. The zero-order valence-corrected chi connectivity index (χ0v) is 20.2. The second kappa shape index (κ2) is 11.1. The molecule has 0 aliphatic rings. The number of methoxy groups -OCH3 is 3. The van der Waals surface area contributed by atoms with Gasteiger partial charge in [0.2, 0.25) is 0 Å². The molecule has 0 unspecified atom stereocenters. The minimum atomic E-state index is -0.285. The fourth-order valence-electron chi connectivity index (χ4n) is 3.76. The van der Waals surface area contributed by atoms with E-state index in [4.69, 9.17) is 14.2 Å². The summed E-state index contributed by atoms with van der Waals surface area (Å²) in [6, 6.07) is 26.8. The van der Waals surface area contributed by atoms with Gasteiger partial charge in [0.15, 0.2) is 0 Å². The van der Waals surface area contributed by atoms with Gasteiger partial charge in [-0.3, -0.25) is 9.59 Å². The molecule has 0 atom stereocenters. The number of nitrogens with one attached hydrogen (secondary N) is 2. The van der Waals surface area contributed by atoms with Gasteiger partial charge in [0.1, 0.15) is 17.2 Å². The third-order valence-corrected chi connectivity index (χ3v) is 5.63. The highest BCUT2D eigenvalue weighted by Gasteiger charge is 2.15. The van der Waals surface area contributed by atoms with E-state index in [1.165, 1.54) is 0 Å². The van der Waals surface area contributed by atoms with Crippen molar-refractivity contribution in [3.05, 3.63) is 102 Å². The van der Waals surface area contributed by atoms with Crippen LogP contribution in [0.2, 0.25) is 0 Å². The third kappa shape index (κ3) is 5.31. The molecule has 0 heterocycles. The predicted octanol–water partition coefficient (Wildman–Crippen LogP) is 5.88. The molecule has 0 saturated heterocycles. The predicted molar refractivity (Wildman–Crippen MR) is 140 cm³/mol. The smallest absolute Gasteiger partial charge is 0.255 e. The molecule has 0 aliphatic heterocycles. The molecule has 36 heavy (non-hydrogen) atoms. The molecule has 182 valence electrons. The van der Waals surface area contributed by atoms with Gasteiger partial charge in [-0.15, -0.1) is 0 Å². The Morgan fingerprint density at radius 3 is 1.56 bits per heavy atom. The van der Waals surface area contributed by atoms with Crippen LogP contribution < -0.4 is 24.8 Å². The van der Waals surface area contributed by atoms with Gasteiger partial charge >= 0.3 is 0 Å². The molecule has 0 fully saturated rings. The lowest BCUT2D eigenvalue weighted by molar-refractivity contribution is 0.101. The molecule has 0 radical (unpaired) electrons. The molecule has 4 aromatic carbocycles. The van der Waals surface area contributed by atoms with Gasteiger partial charge in [-0.25, -0.2) is 0 Å². The van der Waals surface area contributed by atoms with Gasteiger partial charge in [0.05, 0.1) is 32.7 Å². The van der Waals surface area contributed by atoms with Crippen LogP contribution in [0.3, 0.4) is 0 Å². The molecule has 0 bridgehead atoms. The topological polar surface area (TPSA) is 85.9 Å². The van der Waals surface area contributed by atoms with E-state index >= 15 is 0 Å². The Kier molecular flexibility index (Phi) is 7.51. The van der Waals surface area contributed by atoms with E-state index in [9.17, 15) is 9.59 Å². The van der Waals surface area contributed by atoms with E-state index in [0.717, 1.165) is 11.1 Å². The molecule has 0 saturated carbocycles. The van der Waals surface area contributed by atoms with Crippen molar-refractivity contribution in [2.45, 2.75) is 0 Å². The first-order valence-electron chi connectivity index (χ1n) is 11.2. The number of benzene rings is 4. The normalized spacial score (nSPS) is 10.3. The van der Waals surface area contributed by atoms with Crippen molar-refractivity contribution < 1.29 is 23.8 Å². The Hall–Kier alpha value is -4.78. The van der Waals surface area contributed by atoms with E-state index < -0.39 is 0 Å². The standard InChI is InChI=1S/C29H26N2O5/c1-34-25-10-6-4-8-23(25)30-28(32)20-14-12-19(13-15-20)22-17-16-21(18-27(22)36-3)29(33)31-24-9-5-7-11-26(24)35-2/h4-18H,1-3H3,(H,30,32)(H,31,33). The number of ether oxygens (including phenoxy) is 3. The lowest BCUT2D eigenvalue weighted by atomic mass is 10.0. The van der Waals surface area contributed by atoms with Crippen LogP contribution in [0.1, 0.15) is 20.7 Å². The number of para-hydroxylation sites is 4. The third-order valence-electron chi connectivity index (χ3n) is 5.63. The zero-order chi connectivity index (χ0) is 25.5. The molecule has 0 aliphatic carbocycles. The summed E-state index contributed by atoms with van der Waals surface area (Å²) in [5, 5.41) is 5.73. The Morgan fingerprint density at radius 2 is 1.03 bits per heavy atom. The number of rotatable bonds is 8. The van der Waals surface area contributed by atoms with Crippen LogP contribution in [0.4, 0.5) is 11.4 Å². The van der Waals surface area contributed by atoms with E-state index in [0.29, 0.717) is 39.8 Å². The highest BCUT2D eigenvalue weighted by atomic mass is 16.5. The average molecular weight is 483 g/mol. The number of carbonyl (C=O) groups excluding carboxylic acids is 2. The van der Waals surface area contributed by atoms with Crippen molar-refractivity contribution in [2.75, 3.05) is 32.0 Å². The fourth-order valence-corrected chi connectivity index (χ4v) is 3.76. The SMILES string of the molecule is COc1ccccc1NC(=O)c1ccc(-c2ccc(C(=O)Nc3ccccc3OC)cc2OC)cc1. The molecule has 7 nitrogen and oxygen atoms in total. The molecule has 2 amide bonds. The van der Waals surface area contributed by atoms with Crippen LogP contribution in [0.25, 0.3) is 11.1 Å². The van der Waals surface area contributed by atoms with Crippen LogP contribution in [0.15, 0.2) is 91.0 Å². The van der Waals surface area contributed by atoms with Gasteiger partial charge in [-0.2, -0.15) is 0 Å². The maximum absolute atomic E-state index is 12.8. The summed E-state index contributed by atoms with van der Waals surface area (Å²) in [6.07, 6.45) is 0. The van der Waals surface area contributed by atoms with Crippen molar-refractivity contribution in [1.29, 1.82) is 0 Å². The quantitative estimate of drug-likeness (QED) is 0.327. The summed E-state index contributed by atoms with van der Waals surface area (Å²) < 4.78 is 16.2. The number of hydrogen-bond donors (Lipinski definition) is 2. The maximum Gasteiger partial charge on any atom is 0.255 e. The first-order chi connectivity index (χ1) is 17.5. The van der Waals surface area contributed by atoms with E-state index in [-0.39, 0.29) is 11.8 Å². The first-order valence-corrected chi connectivity index (χ1v) is 11.2. The van der Waals surface area contributed by atoms with Crippen LogP contribution in [-0.4, -0.2) is 33.1 Å². The minimum absolute atomic E-state index is 0.249. The summed E-state index contributed by atoms with van der Waals surface area (Å²) in [5.41, 5.74) is 3.75. The van der Waals surface area contributed by atoms with Gasteiger partial charge in [-0.1, -0.05) is 36.4 Å².